The van der Waals surface area contributed by atoms with Gasteiger partial charge in [-0.25, -0.2) is 4.98 Å². The molecule has 4 rings (SSSR count). The Hall–Kier alpha value is -2.19. The minimum absolute atomic E-state index is 0.000899. The van der Waals surface area contributed by atoms with Crippen LogP contribution in [0, 0.1) is 5.41 Å². The van der Waals surface area contributed by atoms with Crippen molar-refractivity contribution in [3.63, 3.8) is 0 Å². The quantitative estimate of drug-likeness (QED) is 0.128. The molecule has 0 aliphatic carbocycles. The molecule has 2 fully saturated rings. The highest BCUT2D eigenvalue weighted by Crippen LogP contribution is 2.44. The molecule has 14 nitrogen and oxygen atoms in total. The maximum atomic E-state index is 12.7. The number of anilines is 2. The van der Waals surface area contributed by atoms with Gasteiger partial charge in [0.15, 0.2) is 9.47 Å². The Morgan fingerprint density at radius 1 is 1.36 bits per heavy atom. The number of fused-ring (bicyclic) bond motifs is 1. The number of nitrogens with two attached hydrogens (primary N) is 1. The van der Waals surface area contributed by atoms with Crippen LogP contribution in [0.1, 0.15) is 5.69 Å². The summed E-state index contributed by atoms with van der Waals surface area (Å²) >= 11 is 4.82. The lowest BCUT2D eigenvalue weighted by Crippen LogP contribution is -2.74. The van der Waals surface area contributed by atoms with Gasteiger partial charge in [0.05, 0.1) is 17.9 Å². The van der Waals surface area contributed by atoms with Gasteiger partial charge in [0.2, 0.25) is 16.9 Å². The Morgan fingerprint density at radius 3 is 2.81 bits per heavy atom. The van der Waals surface area contributed by atoms with Crippen molar-refractivity contribution in [3.05, 3.63) is 11.1 Å². The predicted molar refractivity (Wildman–Crippen MR) is 136 cm³/mol. The summed E-state index contributed by atoms with van der Waals surface area (Å²) in [6.45, 7) is -0.0546. The van der Waals surface area contributed by atoms with E-state index in [-0.39, 0.29) is 48.2 Å². The molecular formula is C17H21N7O7S5. The summed E-state index contributed by atoms with van der Waals surface area (Å²) in [6, 6.07) is -0.725. The van der Waals surface area contributed by atoms with E-state index < -0.39 is 33.3 Å². The molecule has 2 aromatic rings. The van der Waals surface area contributed by atoms with Gasteiger partial charge in [-0.15, -0.1) is 33.3 Å². The third kappa shape index (κ3) is 6.20. The first kappa shape index (κ1) is 26.9. The molecule has 3 atom stereocenters. The number of thiazole rings is 1. The van der Waals surface area contributed by atoms with E-state index in [0.29, 0.717) is 20.3 Å². The van der Waals surface area contributed by atoms with E-state index in [1.807, 2.05) is 0 Å². The molecule has 2 aliphatic rings. The van der Waals surface area contributed by atoms with Crippen LogP contribution in [0.5, 0.6) is 0 Å². The number of carboxylic acid groups (broad SMARTS) is 1. The summed E-state index contributed by atoms with van der Waals surface area (Å²) in [4.78, 5) is 42.8. The molecule has 0 saturated carbocycles. The van der Waals surface area contributed by atoms with Crippen LogP contribution in [0.2, 0.25) is 0 Å². The van der Waals surface area contributed by atoms with Crippen molar-refractivity contribution in [2.24, 2.45) is 5.41 Å². The molecule has 2 aromatic heterocycles. The first-order valence-electron chi connectivity index (χ1n) is 10.3. The zero-order valence-corrected chi connectivity index (χ0v) is 22.4. The molecule has 0 aromatic carbocycles. The third-order valence-corrected chi connectivity index (χ3v) is 10.7. The fourth-order valence-corrected chi connectivity index (χ4v) is 8.09. The number of β-lactam (4-membered cyclic amide) rings is 1. The monoisotopic (exact) mass is 595 g/mol. The molecule has 2 aliphatic heterocycles. The number of carbonyl (C=O) groups is 3. The van der Waals surface area contributed by atoms with Crippen LogP contribution in [0.25, 0.3) is 0 Å². The number of hydrogen-bond donors (Lipinski definition) is 5. The summed E-state index contributed by atoms with van der Waals surface area (Å²) in [5, 5.41) is 25.3. The number of hydrogen-bond acceptors (Lipinski definition) is 14. The average Bonchev–Trinajstić information content (AvgIpc) is 3.43. The van der Waals surface area contributed by atoms with Crippen molar-refractivity contribution < 1.29 is 32.5 Å². The highest BCUT2D eigenvalue weighted by molar-refractivity contribution is 8.01. The van der Waals surface area contributed by atoms with E-state index in [1.165, 1.54) is 39.8 Å². The van der Waals surface area contributed by atoms with Crippen molar-refractivity contribution in [2.45, 2.75) is 22.2 Å². The van der Waals surface area contributed by atoms with Gasteiger partial charge in [0.25, 0.3) is 10.1 Å². The summed E-state index contributed by atoms with van der Waals surface area (Å²) in [6.07, 6.45) is -0.000916. The number of nitrogens with one attached hydrogen (secondary N) is 2. The topological polar surface area (TPSA) is 218 Å². The Balaban J connectivity index is 1.31. The van der Waals surface area contributed by atoms with Gasteiger partial charge in [0, 0.05) is 30.0 Å². The number of aliphatic carboxylic acids is 1. The fraction of sp³-hybridized carbons (Fsp3) is 0.529. The molecule has 2 unspecified atom stereocenters. The van der Waals surface area contributed by atoms with Crippen molar-refractivity contribution in [3.8, 4) is 0 Å². The Kier molecular flexibility index (Phi) is 7.95. The summed E-state index contributed by atoms with van der Waals surface area (Å²) in [7, 11) is -4.10. The highest BCUT2D eigenvalue weighted by Gasteiger charge is 2.57. The third-order valence-electron chi connectivity index (χ3n) is 5.34. The molecule has 19 heteroatoms. The van der Waals surface area contributed by atoms with Crippen LogP contribution in [0.15, 0.2) is 9.72 Å². The Morgan fingerprint density at radius 2 is 2.14 bits per heavy atom. The predicted octanol–water partition coefficient (Wildman–Crippen LogP) is -0.318. The number of carboxylic acids is 1. The SMILES string of the molecule is Nc1nc(CC(=O)NC2C(=O)N3CC(CSc4nnc(NCCS(=O)(=O)O)s4)(C(=O)O)CS[C@H]23)cs1. The molecule has 6 N–H and O–H groups in total. The van der Waals surface area contributed by atoms with E-state index >= 15 is 0 Å². The average molecular weight is 596 g/mol. The smallest absolute Gasteiger partial charge is 0.313 e. The zero-order chi connectivity index (χ0) is 26.1. The van der Waals surface area contributed by atoms with E-state index in [2.05, 4.69) is 25.8 Å². The Bertz CT molecular complexity index is 1270. The first-order valence-corrected chi connectivity index (χ1v) is 15.6. The van der Waals surface area contributed by atoms with Gasteiger partial charge < -0.3 is 26.4 Å². The van der Waals surface area contributed by atoms with Crippen LogP contribution < -0.4 is 16.4 Å². The van der Waals surface area contributed by atoms with Crippen LogP contribution >= 0.6 is 46.2 Å². The lowest BCUT2D eigenvalue weighted by atomic mass is 9.89. The number of rotatable bonds is 11. The van der Waals surface area contributed by atoms with Crippen molar-refractivity contribution >= 4 is 84.4 Å². The van der Waals surface area contributed by atoms with E-state index in [0.717, 1.165) is 11.3 Å². The number of nitrogens with zero attached hydrogens (tertiary/aromatic N) is 4. The van der Waals surface area contributed by atoms with Gasteiger partial charge in [-0.2, -0.15) is 8.42 Å². The van der Waals surface area contributed by atoms with Crippen LogP contribution in [-0.2, 0) is 30.9 Å². The second-order valence-corrected chi connectivity index (χ2v) is 13.8. The van der Waals surface area contributed by atoms with Gasteiger partial charge in [-0.05, 0) is 0 Å². The maximum absolute atomic E-state index is 12.7. The molecule has 196 valence electrons. The fourth-order valence-electron chi connectivity index (χ4n) is 3.53. The molecule has 0 spiro atoms. The lowest BCUT2D eigenvalue weighted by Gasteiger charge is -2.53. The largest absolute Gasteiger partial charge is 0.481 e. The zero-order valence-electron chi connectivity index (χ0n) is 18.3. The number of thioether (sulfide) groups is 2. The lowest BCUT2D eigenvalue weighted by molar-refractivity contribution is -0.157. The second kappa shape index (κ2) is 10.7. The number of nitrogen functional groups attached to an aromatic ring is 1. The number of amides is 2. The number of carbonyl (C=O) groups excluding carboxylic acids is 2. The Labute approximate surface area is 221 Å². The summed E-state index contributed by atoms with van der Waals surface area (Å²) in [5.74, 6) is -1.86. The van der Waals surface area contributed by atoms with E-state index in [9.17, 15) is 27.9 Å². The molecule has 0 bridgehead atoms. The maximum Gasteiger partial charge on any atom is 0.313 e. The van der Waals surface area contributed by atoms with Gasteiger partial charge in [-0.3, -0.25) is 18.9 Å². The van der Waals surface area contributed by atoms with Crippen molar-refractivity contribution in [1.82, 2.24) is 25.4 Å². The van der Waals surface area contributed by atoms with Crippen LogP contribution in [0.4, 0.5) is 10.3 Å². The van der Waals surface area contributed by atoms with E-state index in [4.69, 9.17) is 10.3 Å². The molecule has 4 heterocycles. The van der Waals surface area contributed by atoms with E-state index in [1.54, 1.807) is 5.38 Å². The van der Waals surface area contributed by atoms with Gasteiger partial charge in [-0.1, -0.05) is 23.1 Å². The normalized spacial score (nSPS) is 23.6. The highest BCUT2D eigenvalue weighted by atomic mass is 32.2. The second-order valence-electron chi connectivity index (χ2n) is 8.03. The van der Waals surface area contributed by atoms with Gasteiger partial charge >= 0.3 is 5.97 Å². The van der Waals surface area contributed by atoms with Crippen molar-refractivity contribution in [2.75, 3.05) is 41.4 Å². The standard InChI is InChI=1S/C17H21N7O7S5/c18-14-20-8(4-32-14)3-9(25)21-10-11(26)24-5-17(13(27)28,6-33-12(10)24)7-34-16-23-22-15(35-16)19-1-2-36(29,30)31/h4,10,12H,1-3,5-7H2,(H2,18,20)(H,19,22)(H,21,25)(H,27,28)(H,29,30,31)/t10?,12-,17?/m1/s1. The van der Waals surface area contributed by atoms with Crippen LogP contribution in [-0.4, -0.2) is 97.7 Å². The minimum atomic E-state index is -4.10. The molecule has 36 heavy (non-hydrogen) atoms. The summed E-state index contributed by atoms with van der Waals surface area (Å²) < 4.78 is 30.8. The minimum Gasteiger partial charge on any atom is -0.481 e. The van der Waals surface area contributed by atoms with Crippen LogP contribution in [0.3, 0.4) is 0 Å². The number of aromatic nitrogens is 3. The molecule has 0 radical (unpaired) electrons. The summed E-state index contributed by atoms with van der Waals surface area (Å²) in [5.41, 5.74) is 4.87. The molecular weight excluding hydrogens is 575 g/mol. The van der Waals surface area contributed by atoms with Gasteiger partial charge in [0.1, 0.15) is 16.8 Å². The van der Waals surface area contributed by atoms with Crippen molar-refractivity contribution in [1.29, 1.82) is 0 Å². The first-order chi connectivity index (χ1) is 17.0. The molecule has 2 amide bonds. The molecule has 2 saturated heterocycles.